The molecule has 1 atom stereocenters. The maximum atomic E-state index is 13.4. The molecule has 1 heterocycles. The fourth-order valence-corrected chi connectivity index (χ4v) is 4.78. The quantitative estimate of drug-likeness (QED) is 0.412. The van der Waals surface area contributed by atoms with E-state index in [-0.39, 0.29) is 22.1 Å². The molecule has 1 unspecified atom stereocenters. The highest BCUT2D eigenvalue weighted by Crippen LogP contribution is 2.36. The van der Waals surface area contributed by atoms with E-state index in [2.05, 4.69) is 4.98 Å². The molecule has 0 amide bonds. The van der Waals surface area contributed by atoms with E-state index in [0.29, 0.717) is 5.56 Å². The van der Waals surface area contributed by atoms with Crippen LogP contribution in [0.2, 0.25) is 0 Å². The molecule has 0 radical (unpaired) electrons. The van der Waals surface area contributed by atoms with Crippen molar-refractivity contribution in [1.82, 2.24) is 4.98 Å². The summed E-state index contributed by atoms with van der Waals surface area (Å²) in [6.07, 6.45) is -4.58. The lowest BCUT2D eigenvalue weighted by Crippen LogP contribution is -2.16. The highest BCUT2D eigenvalue weighted by molar-refractivity contribution is 7.91. The standard InChI is InChI=1S/C24H19F3N2O3S/c1-15-8-5-6-13-19(15)22-29-23(33(30,31)18-11-3-2-4-12-18)21(32-22)20(28)16-9-7-10-17(14-16)24(25,26)27/h2-14,20H,28H2,1H3. The molecule has 0 saturated carbocycles. The first-order valence-electron chi connectivity index (χ1n) is 9.88. The molecule has 0 aliphatic heterocycles. The molecule has 5 nitrogen and oxygen atoms in total. The summed E-state index contributed by atoms with van der Waals surface area (Å²) in [6, 6.07) is 17.7. The van der Waals surface area contributed by atoms with Crippen LogP contribution in [-0.2, 0) is 16.0 Å². The van der Waals surface area contributed by atoms with Crippen molar-refractivity contribution in [2.75, 3.05) is 0 Å². The number of halogens is 3. The molecule has 170 valence electrons. The molecule has 1 aromatic heterocycles. The summed E-state index contributed by atoms with van der Waals surface area (Å²) in [5, 5.41) is -0.433. The molecular formula is C24H19F3N2O3S. The van der Waals surface area contributed by atoms with Crippen LogP contribution >= 0.6 is 0 Å². The number of oxazole rings is 1. The third-order valence-corrected chi connectivity index (χ3v) is 6.85. The minimum atomic E-state index is -4.58. The Bertz CT molecular complexity index is 1400. The van der Waals surface area contributed by atoms with Crippen molar-refractivity contribution in [3.8, 4) is 11.5 Å². The first kappa shape index (κ1) is 22.8. The van der Waals surface area contributed by atoms with Crippen LogP contribution in [-0.4, -0.2) is 13.4 Å². The summed E-state index contributed by atoms with van der Waals surface area (Å²) in [5.41, 5.74) is 6.74. The number of hydrogen-bond acceptors (Lipinski definition) is 5. The van der Waals surface area contributed by atoms with Gasteiger partial charge in [0.2, 0.25) is 20.8 Å². The van der Waals surface area contributed by atoms with Gasteiger partial charge in [-0.05, 0) is 48.4 Å². The Kier molecular flexibility index (Phi) is 5.85. The van der Waals surface area contributed by atoms with E-state index in [1.54, 1.807) is 49.4 Å². The van der Waals surface area contributed by atoms with Crippen molar-refractivity contribution in [2.24, 2.45) is 5.73 Å². The van der Waals surface area contributed by atoms with Crippen LogP contribution in [0.4, 0.5) is 13.2 Å². The highest BCUT2D eigenvalue weighted by atomic mass is 32.2. The first-order chi connectivity index (χ1) is 15.6. The Balaban J connectivity index is 1.91. The SMILES string of the molecule is Cc1ccccc1-c1nc(S(=O)(=O)c2ccccc2)c(C(N)c2cccc(C(F)(F)F)c2)o1. The second kappa shape index (κ2) is 8.49. The predicted molar refractivity (Wildman–Crippen MR) is 116 cm³/mol. The second-order valence-electron chi connectivity index (χ2n) is 7.42. The molecule has 0 saturated heterocycles. The average Bonchev–Trinajstić information content (AvgIpc) is 3.25. The number of nitrogens with two attached hydrogens (primary N) is 1. The molecule has 4 rings (SSSR count). The molecule has 0 fully saturated rings. The maximum Gasteiger partial charge on any atom is 0.416 e. The Morgan fingerprint density at radius 3 is 2.27 bits per heavy atom. The Morgan fingerprint density at radius 1 is 0.939 bits per heavy atom. The van der Waals surface area contributed by atoms with Crippen LogP contribution in [0.1, 0.15) is 28.5 Å². The molecule has 4 aromatic rings. The van der Waals surface area contributed by atoms with Gasteiger partial charge in [-0.15, -0.1) is 0 Å². The smallest absolute Gasteiger partial charge is 0.416 e. The van der Waals surface area contributed by atoms with Crippen molar-refractivity contribution in [3.05, 3.63) is 101 Å². The molecule has 9 heteroatoms. The number of aryl methyl sites for hydroxylation is 1. The van der Waals surface area contributed by atoms with E-state index in [9.17, 15) is 21.6 Å². The van der Waals surface area contributed by atoms with Crippen LogP contribution in [0.25, 0.3) is 11.5 Å². The number of nitrogens with zero attached hydrogens (tertiary/aromatic N) is 1. The summed E-state index contributed by atoms with van der Waals surface area (Å²) in [5.74, 6) is -0.225. The highest BCUT2D eigenvalue weighted by Gasteiger charge is 2.34. The zero-order valence-electron chi connectivity index (χ0n) is 17.4. The normalized spacial score (nSPS) is 13.1. The minimum absolute atomic E-state index is 0.0139. The van der Waals surface area contributed by atoms with Gasteiger partial charge in [0, 0.05) is 5.56 Å². The van der Waals surface area contributed by atoms with Gasteiger partial charge in [0.1, 0.15) is 0 Å². The first-order valence-corrected chi connectivity index (χ1v) is 11.4. The fraction of sp³-hybridized carbons (Fsp3) is 0.125. The van der Waals surface area contributed by atoms with Gasteiger partial charge in [0.05, 0.1) is 16.5 Å². The van der Waals surface area contributed by atoms with Crippen molar-refractivity contribution in [3.63, 3.8) is 0 Å². The van der Waals surface area contributed by atoms with Crippen molar-refractivity contribution in [1.29, 1.82) is 0 Å². The topological polar surface area (TPSA) is 86.2 Å². The Hall–Kier alpha value is -3.43. The number of rotatable bonds is 5. The number of alkyl halides is 3. The molecule has 2 N–H and O–H groups in total. The molecule has 0 aliphatic rings. The summed E-state index contributed by atoms with van der Waals surface area (Å²) in [7, 11) is -4.17. The summed E-state index contributed by atoms with van der Waals surface area (Å²) in [4.78, 5) is 4.22. The zero-order valence-corrected chi connectivity index (χ0v) is 18.2. The number of sulfone groups is 1. The minimum Gasteiger partial charge on any atom is -0.438 e. The largest absolute Gasteiger partial charge is 0.438 e. The van der Waals surface area contributed by atoms with Crippen molar-refractivity contribution in [2.45, 2.75) is 29.1 Å². The van der Waals surface area contributed by atoms with Gasteiger partial charge in [-0.3, -0.25) is 0 Å². The van der Waals surface area contributed by atoms with Crippen LogP contribution in [0.15, 0.2) is 93.2 Å². The van der Waals surface area contributed by atoms with Gasteiger partial charge in [-0.25, -0.2) is 8.42 Å². The second-order valence-corrected chi connectivity index (χ2v) is 9.29. The third kappa shape index (κ3) is 4.42. The van der Waals surface area contributed by atoms with Gasteiger partial charge in [0.15, 0.2) is 5.76 Å². The number of aromatic nitrogens is 1. The van der Waals surface area contributed by atoms with Crippen molar-refractivity contribution >= 4 is 9.84 Å². The molecule has 0 aliphatic carbocycles. The summed E-state index contributed by atoms with van der Waals surface area (Å²) < 4.78 is 72.3. The van der Waals surface area contributed by atoms with E-state index in [0.717, 1.165) is 17.7 Å². The molecule has 0 bridgehead atoms. The lowest BCUT2D eigenvalue weighted by atomic mass is 10.0. The van der Waals surface area contributed by atoms with Crippen molar-refractivity contribution < 1.29 is 26.0 Å². The lowest BCUT2D eigenvalue weighted by molar-refractivity contribution is -0.137. The Morgan fingerprint density at radius 2 is 1.61 bits per heavy atom. The monoisotopic (exact) mass is 472 g/mol. The maximum absolute atomic E-state index is 13.4. The lowest BCUT2D eigenvalue weighted by Gasteiger charge is -2.14. The van der Waals surface area contributed by atoms with Gasteiger partial charge in [0.25, 0.3) is 0 Å². The van der Waals surface area contributed by atoms with Crippen LogP contribution in [0.3, 0.4) is 0 Å². The van der Waals surface area contributed by atoms with Gasteiger partial charge >= 0.3 is 6.18 Å². The predicted octanol–water partition coefficient (Wildman–Crippen LogP) is 5.55. The van der Waals surface area contributed by atoms with Crippen LogP contribution in [0, 0.1) is 6.92 Å². The summed E-state index contributed by atoms with van der Waals surface area (Å²) in [6.45, 7) is 1.80. The van der Waals surface area contributed by atoms with Gasteiger partial charge < -0.3 is 10.2 Å². The van der Waals surface area contributed by atoms with E-state index in [1.165, 1.54) is 24.3 Å². The average molecular weight is 472 g/mol. The van der Waals surface area contributed by atoms with E-state index in [4.69, 9.17) is 10.2 Å². The zero-order chi connectivity index (χ0) is 23.8. The Labute approximate surface area is 188 Å². The molecule has 33 heavy (non-hydrogen) atoms. The number of hydrogen-bond donors (Lipinski definition) is 1. The molecule has 0 spiro atoms. The fourth-order valence-electron chi connectivity index (χ4n) is 3.41. The molecule has 3 aromatic carbocycles. The van der Waals surface area contributed by atoms with E-state index < -0.39 is 32.6 Å². The van der Waals surface area contributed by atoms with E-state index in [1.807, 2.05) is 0 Å². The third-order valence-electron chi connectivity index (χ3n) is 5.16. The van der Waals surface area contributed by atoms with Gasteiger partial charge in [-0.2, -0.15) is 18.2 Å². The number of benzene rings is 3. The molecular weight excluding hydrogens is 453 g/mol. The van der Waals surface area contributed by atoms with Crippen LogP contribution < -0.4 is 5.73 Å². The van der Waals surface area contributed by atoms with Crippen LogP contribution in [0.5, 0.6) is 0 Å². The van der Waals surface area contributed by atoms with E-state index >= 15 is 0 Å². The summed E-state index contributed by atoms with van der Waals surface area (Å²) >= 11 is 0. The van der Waals surface area contributed by atoms with Gasteiger partial charge in [-0.1, -0.05) is 48.5 Å².